The first-order valence-electron chi connectivity index (χ1n) is 16.9. The summed E-state index contributed by atoms with van der Waals surface area (Å²) in [5.74, 6) is 0. The van der Waals surface area contributed by atoms with E-state index in [1.54, 1.807) is 0 Å². The Morgan fingerprint density at radius 3 is 0.667 bits per heavy atom. The van der Waals surface area contributed by atoms with Gasteiger partial charge < -0.3 is 37.0 Å². The third kappa shape index (κ3) is 19.1. The van der Waals surface area contributed by atoms with Crippen LogP contribution in [0.25, 0.3) is 0 Å². The van der Waals surface area contributed by atoms with Gasteiger partial charge in [0, 0.05) is 0 Å². The maximum absolute atomic E-state index is 6.46. The molecule has 2 unspecified atom stereocenters. The molecule has 9 nitrogen and oxygen atoms in total. The van der Waals surface area contributed by atoms with E-state index in [-0.39, 0.29) is 0 Å². The third-order valence-electron chi connectivity index (χ3n) is 6.87. The predicted molar refractivity (Wildman–Crippen MR) is 215 cm³/mol. The van der Waals surface area contributed by atoms with Gasteiger partial charge in [-0.2, -0.15) is 0 Å². The molecule has 0 radical (unpaired) electrons. The van der Waals surface area contributed by atoms with E-state index < -0.39 is 85.1 Å². The molecule has 2 aliphatic rings. The summed E-state index contributed by atoms with van der Waals surface area (Å²) in [6, 6.07) is 3.77. The molecule has 2 atom stereocenters. The molecule has 0 bridgehead atoms. The molecule has 19 heteroatoms. The van der Waals surface area contributed by atoms with Gasteiger partial charge in [0.25, 0.3) is 0 Å². The van der Waals surface area contributed by atoms with E-state index >= 15 is 0 Å². The summed E-state index contributed by atoms with van der Waals surface area (Å²) in [5, 5.41) is 0. The van der Waals surface area contributed by atoms with E-state index in [2.05, 4.69) is 146 Å². The van der Waals surface area contributed by atoms with Gasteiger partial charge in [0.1, 0.15) is 0 Å². The minimum atomic E-state index is -2.15. The number of hydrogen-bond acceptors (Lipinski definition) is 9. The predicted octanol–water partition coefficient (Wildman–Crippen LogP) is 9.98. The Morgan fingerprint density at radius 2 is 0.511 bits per heavy atom. The van der Waals surface area contributed by atoms with E-state index in [4.69, 9.17) is 37.0 Å². The monoisotopic (exact) mass is 810 g/mol. The summed E-state index contributed by atoms with van der Waals surface area (Å²) in [6.07, 6.45) is 0. The molecular formula is C26H74O9Si10. The molecule has 2 rings (SSSR count). The fourth-order valence-corrected chi connectivity index (χ4v) is 55.5. The van der Waals surface area contributed by atoms with E-state index in [1.807, 2.05) is 0 Å². The summed E-state index contributed by atoms with van der Waals surface area (Å²) in [4.78, 5) is 0. The highest BCUT2D eigenvalue weighted by Crippen LogP contribution is 2.35. The number of hydrogen-bond donors (Lipinski definition) is 0. The zero-order valence-electron chi connectivity index (χ0n) is 33.5. The Labute approximate surface area is 290 Å². The maximum Gasteiger partial charge on any atom is 0.317 e. The molecule has 2 heterocycles. The minimum absolute atomic E-state index is 0.941. The molecule has 0 saturated carbocycles. The van der Waals surface area contributed by atoms with Gasteiger partial charge in [-0.3, -0.25) is 0 Å². The molecule has 0 aliphatic carbocycles. The standard InChI is InChI=1S/2C10H28O4Si4.C6H18OSi2/c1-9-17(7)11-15(3,4)13-18(8,10-2)14-16(5,6)12-17;1-9-17(7)12-15(3,4)11-16(5,6)13-18(8,10-2)14-17;1-8(2,3)7-9(4,5)6/h2*9-10H2,1-8H3;1-6H3. The van der Waals surface area contributed by atoms with Gasteiger partial charge in [0.2, 0.25) is 0 Å². The molecule has 2 saturated heterocycles. The normalized spacial score (nSPS) is 34.8. The average Bonchev–Trinajstić information content (AvgIpc) is 2.72. The van der Waals surface area contributed by atoms with E-state index in [1.165, 1.54) is 0 Å². The van der Waals surface area contributed by atoms with E-state index in [0.29, 0.717) is 0 Å². The van der Waals surface area contributed by atoms with Crippen LogP contribution in [0.4, 0.5) is 0 Å². The van der Waals surface area contributed by atoms with Crippen molar-refractivity contribution in [3.63, 3.8) is 0 Å². The lowest BCUT2D eigenvalue weighted by atomic mass is 11.0. The smallest absolute Gasteiger partial charge is 0.317 e. The molecule has 45 heavy (non-hydrogen) atoms. The highest BCUT2D eigenvalue weighted by Gasteiger charge is 2.54. The first kappa shape index (κ1) is 46.8. The number of rotatable bonds is 6. The van der Waals surface area contributed by atoms with Gasteiger partial charge in [0.05, 0.1) is 0 Å². The highest BCUT2D eigenvalue weighted by atomic mass is 28.5. The highest BCUT2D eigenvalue weighted by molar-refractivity contribution is 6.94. The van der Waals surface area contributed by atoms with Crippen LogP contribution in [0.3, 0.4) is 0 Å². The van der Waals surface area contributed by atoms with E-state index in [9.17, 15) is 0 Å². The summed E-state index contributed by atoms with van der Waals surface area (Å²) in [7, 11) is -19.6. The average molecular weight is 812 g/mol. The van der Waals surface area contributed by atoms with Crippen molar-refractivity contribution in [2.75, 3.05) is 0 Å². The van der Waals surface area contributed by atoms with Gasteiger partial charge in [0.15, 0.2) is 16.6 Å². The molecule has 272 valence electrons. The summed E-state index contributed by atoms with van der Waals surface area (Å²) >= 11 is 0. The van der Waals surface area contributed by atoms with Crippen LogP contribution in [0.1, 0.15) is 27.7 Å². The van der Waals surface area contributed by atoms with Gasteiger partial charge in [-0.25, -0.2) is 0 Å². The Kier molecular flexibility index (Phi) is 17.1. The van der Waals surface area contributed by atoms with Gasteiger partial charge in [-0.05, 0) is 142 Å². The van der Waals surface area contributed by atoms with Crippen LogP contribution < -0.4 is 0 Å². The second-order valence-electron chi connectivity index (χ2n) is 16.7. The summed E-state index contributed by atoms with van der Waals surface area (Å²) < 4.78 is 56.9. The first-order chi connectivity index (χ1) is 19.6. The van der Waals surface area contributed by atoms with Crippen LogP contribution in [0.5, 0.6) is 0 Å². The Bertz CT molecular complexity index is 842. The van der Waals surface area contributed by atoms with E-state index in [0.717, 1.165) is 24.2 Å². The first-order valence-corrected chi connectivity index (χ1v) is 45.1. The van der Waals surface area contributed by atoms with Crippen molar-refractivity contribution in [3.8, 4) is 0 Å². The summed E-state index contributed by atoms with van der Waals surface area (Å²) in [6.45, 7) is 47.4. The second kappa shape index (κ2) is 16.4. The van der Waals surface area contributed by atoms with Gasteiger partial charge >= 0.3 is 68.5 Å². The SMILES string of the molecule is CC[Si]1(C)O[Si](C)(C)O[Si](C)(C)O[Si](C)(CC)O1.CC[Si]1(C)O[Si](C)(C)O[Si](C)(CC)O[Si](C)(C)O1.C[Si](C)(C)O[Si](C)(C)C. The molecule has 2 fully saturated rings. The zero-order valence-corrected chi connectivity index (χ0v) is 43.5. The molecular weight excluding hydrogens is 737 g/mol. The lowest BCUT2D eigenvalue weighted by Gasteiger charge is -2.48. The fraction of sp³-hybridized carbons (Fsp3) is 1.00. The zero-order chi connectivity index (χ0) is 36.2. The lowest BCUT2D eigenvalue weighted by molar-refractivity contribution is 0.229. The fourth-order valence-electron chi connectivity index (χ4n) is 5.83. The van der Waals surface area contributed by atoms with Crippen molar-refractivity contribution in [1.82, 2.24) is 0 Å². The maximum atomic E-state index is 6.46. The topological polar surface area (TPSA) is 83.1 Å². The van der Waals surface area contributed by atoms with Gasteiger partial charge in [-0.1, -0.05) is 27.7 Å². The Morgan fingerprint density at radius 1 is 0.333 bits per heavy atom. The van der Waals surface area contributed by atoms with Crippen molar-refractivity contribution in [2.24, 2.45) is 0 Å². The van der Waals surface area contributed by atoms with Crippen molar-refractivity contribution in [2.45, 2.75) is 170 Å². The molecule has 2 aliphatic heterocycles. The molecule has 0 aromatic carbocycles. The second-order valence-corrected chi connectivity index (χ2v) is 55.6. The Balaban J connectivity index is 0.000000684. The van der Waals surface area contributed by atoms with Crippen molar-refractivity contribution in [1.29, 1.82) is 0 Å². The van der Waals surface area contributed by atoms with Crippen molar-refractivity contribution in [3.05, 3.63) is 0 Å². The molecule has 0 aromatic heterocycles. The minimum Gasteiger partial charge on any atom is -0.456 e. The third-order valence-corrected chi connectivity index (χ3v) is 46.5. The lowest BCUT2D eigenvalue weighted by Crippen LogP contribution is -2.65. The van der Waals surface area contributed by atoms with Crippen molar-refractivity contribution < 1.29 is 37.0 Å². The molecule has 0 amide bonds. The van der Waals surface area contributed by atoms with Crippen LogP contribution in [0.15, 0.2) is 0 Å². The van der Waals surface area contributed by atoms with Crippen LogP contribution in [-0.4, -0.2) is 85.1 Å². The van der Waals surface area contributed by atoms with Crippen LogP contribution in [0, 0.1) is 0 Å². The van der Waals surface area contributed by atoms with Crippen LogP contribution in [-0.2, 0) is 37.0 Å². The molecule has 0 N–H and O–H groups in total. The van der Waals surface area contributed by atoms with Crippen molar-refractivity contribution >= 4 is 85.1 Å². The molecule has 0 aromatic rings. The largest absolute Gasteiger partial charge is 0.456 e. The quantitative estimate of drug-likeness (QED) is 0.244. The Hall–Kier alpha value is 1.81. The van der Waals surface area contributed by atoms with Crippen LogP contribution in [0.2, 0.25) is 142 Å². The van der Waals surface area contributed by atoms with Crippen LogP contribution >= 0.6 is 0 Å². The summed E-state index contributed by atoms with van der Waals surface area (Å²) in [5.41, 5.74) is 0. The van der Waals surface area contributed by atoms with Gasteiger partial charge in [-0.15, -0.1) is 0 Å². The molecule has 0 spiro atoms.